The van der Waals surface area contributed by atoms with Crippen LogP contribution in [0.25, 0.3) is 5.57 Å². The summed E-state index contributed by atoms with van der Waals surface area (Å²) in [7, 11) is 0. The first-order valence-electron chi connectivity index (χ1n) is 8.00. The second-order valence-electron chi connectivity index (χ2n) is 7.14. The molecular weight excluding hydrogens is 333 g/mol. The molecule has 2 atom stereocenters. The predicted molar refractivity (Wildman–Crippen MR) is 90.5 cm³/mol. The SMILES string of the molecule is CC(C)(C)OC(=O)N1C2C=C(c3c(F)cccc3Cl)CC1COC2. The Balaban J connectivity index is 1.92. The zero-order chi connectivity index (χ0) is 17.5. The molecule has 0 radical (unpaired) electrons. The lowest BCUT2D eigenvalue weighted by atomic mass is 9.90. The summed E-state index contributed by atoms with van der Waals surface area (Å²) in [6.07, 6.45) is 1.98. The highest BCUT2D eigenvalue weighted by Gasteiger charge is 2.40. The first-order chi connectivity index (χ1) is 11.3. The number of halogens is 2. The van der Waals surface area contributed by atoms with Crippen molar-refractivity contribution in [2.24, 2.45) is 0 Å². The van der Waals surface area contributed by atoms with Gasteiger partial charge in [0, 0.05) is 5.56 Å². The van der Waals surface area contributed by atoms with Crippen LogP contribution in [0.1, 0.15) is 32.8 Å². The number of carbonyl (C=O) groups is 1. The third-order valence-electron chi connectivity index (χ3n) is 4.09. The number of rotatable bonds is 1. The van der Waals surface area contributed by atoms with E-state index in [2.05, 4.69) is 0 Å². The third kappa shape index (κ3) is 3.42. The van der Waals surface area contributed by atoms with Gasteiger partial charge in [-0.05, 0) is 44.9 Å². The van der Waals surface area contributed by atoms with E-state index in [9.17, 15) is 9.18 Å². The largest absolute Gasteiger partial charge is 0.444 e. The molecule has 1 fully saturated rings. The second-order valence-corrected chi connectivity index (χ2v) is 7.55. The highest BCUT2D eigenvalue weighted by Crippen LogP contribution is 2.37. The van der Waals surface area contributed by atoms with Gasteiger partial charge in [0.1, 0.15) is 11.4 Å². The van der Waals surface area contributed by atoms with E-state index in [1.54, 1.807) is 17.0 Å². The number of hydrogen-bond acceptors (Lipinski definition) is 3. The Labute approximate surface area is 146 Å². The van der Waals surface area contributed by atoms with Crippen LogP contribution in [0.5, 0.6) is 0 Å². The number of morpholine rings is 1. The minimum atomic E-state index is -0.564. The van der Waals surface area contributed by atoms with Crippen molar-refractivity contribution in [2.75, 3.05) is 13.2 Å². The summed E-state index contributed by atoms with van der Waals surface area (Å²) < 4.78 is 25.3. The van der Waals surface area contributed by atoms with Crippen molar-refractivity contribution in [1.82, 2.24) is 4.90 Å². The van der Waals surface area contributed by atoms with Crippen LogP contribution in [0, 0.1) is 5.82 Å². The summed E-state index contributed by atoms with van der Waals surface area (Å²) >= 11 is 6.19. The van der Waals surface area contributed by atoms with Gasteiger partial charge in [0.25, 0.3) is 0 Å². The number of nitrogens with zero attached hydrogens (tertiary/aromatic N) is 1. The lowest BCUT2D eigenvalue weighted by Gasteiger charge is -2.44. The fraction of sp³-hybridized carbons (Fsp3) is 0.500. The van der Waals surface area contributed by atoms with E-state index in [1.165, 1.54) is 6.07 Å². The first-order valence-corrected chi connectivity index (χ1v) is 8.38. The van der Waals surface area contributed by atoms with E-state index < -0.39 is 5.60 Å². The standard InChI is InChI=1S/C18H21ClFNO3/c1-18(2,3)24-17(22)21-12-7-11(8-13(21)10-23-9-12)16-14(19)5-4-6-15(16)20/h4-7,12-13H,8-10H2,1-3H3. The normalized spacial score (nSPS) is 23.7. The van der Waals surface area contributed by atoms with Gasteiger partial charge in [0.2, 0.25) is 0 Å². The van der Waals surface area contributed by atoms with Crippen molar-refractivity contribution in [1.29, 1.82) is 0 Å². The van der Waals surface area contributed by atoms with Crippen LogP contribution in [0.2, 0.25) is 5.02 Å². The van der Waals surface area contributed by atoms with Crippen LogP contribution < -0.4 is 0 Å². The summed E-state index contributed by atoms with van der Waals surface area (Å²) in [5, 5.41) is 0.381. The molecule has 3 rings (SSSR count). The molecule has 1 saturated heterocycles. The Kier molecular flexibility index (Phi) is 4.58. The molecule has 1 aromatic carbocycles. The van der Waals surface area contributed by atoms with Crippen LogP contribution >= 0.6 is 11.6 Å². The van der Waals surface area contributed by atoms with Gasteiger partial charge in [-0.25, -0.2) is 9.18 Å². The maximum atomic E-state index is 14.2. The van der Waals surface area contributed by atoms with E-state index in [-0.39, 0.29) is 24.0 Å². The number of ether oxygens (including phenoxy) is 2. The van der Waals surface area contributed by atoms with E-state index in [0.29, 0.717) is 30.2 Å². The average molecular weight is 354 g/mol. The maximum absolute atomic E-state index is 14.2. The zero-order valence-corrected chi connectivity index (χ0v) is 14.8. The zero-order valence-electron chi connectivity index (χ0n) is 14.0. The molecule has 0 saturated carbocycles. The van der Waals surface area contributed by atoms with Gasteiger partial charge < -0.3 is 9.47 Å². The van der Waals surface area contributed by atoms with E-state index >= 15 is 0 Å². The van der Waals surface area contributed by atoms with Crippen LogP contribution in [0.4, 0.5) is 9.18 Å². The number of benzene rings is 1. The molecule has 0 aromatic heterocycles. The molecule has 2 aliphatic heterocycles. The van der Waals surface area contributed by atoms with Crippen molar-refractivity contribution >= 4 is 23.3 Å². The van der Waals surface area contributed by atoms with Crippen molar-refractivity contribution < 1.29 is 18.7 Å². The minimum absolute atomic E-state index is 0.186. The van der Waals surface area contributed by atoms with Crippen molar-refractivity contribution in [3.63, 3.8) is 0 Å². The molecule has 2 heterocycles. The fourth-order valence-corrected chi connectivity index (χ4v) is 3.47. The summed E-state index contributed by atoms with van der Waals surface area (Å²) in [6.45, 7) is 6.27. The smallest absolute Gasteiger partial charge is 0.411 e. The monoisotopic (exact) mass is 353 g/mol. The Morgan fingerprint density at radius 1 is 1.38 bits per heavy atom. The Bertz CT molecular complexity index is 663. The maximum Gasteiger partial charge on any atom is 0.411 e. The lowest BCUT2D eigenvalue weighted by Crippen LogP contribution is -2.57. The molecule has 2 bridgehead atoms. The number of carbonyl (C=O) groups excluding carboxylic acids is 1. The van der Waals surface area contributed by atoms with Gasteiger partial charge >= 0.3 is 6.09 Å². The summed E-state index contributed by atoms with van der Waals surface area (Å²) in [4.78, 5) is 14.2. The fourth-order valence-electron chi connectivity index (χ4n) is 3.19. The summed E-state index contributed by atoms with van der Waals surface area (Å²) in [5.41, 5.74) is 0.668. The quantitative estimate of drug-likeness (QED) is 0.756. The topological polar surface area (TPSA) is 38.8 Å². The molecular formula is C18H21ClFNO3. The molecule has 0 N–H and O–H groups in total. The van der Waals surface area contributed by atoms with Crippen molar-refractivity contribution in [3.05, 3.63) is 40.7 Å². The molecule has 1 aromatic rings. The molecule has 1 amide bonds. The van der Waals surface area contributed by atoms with Crippen LogP contribution in [0.3, 0.4) is 0 Å². The highest BCUT2D eigenvalue weighted by atomic mass is 35.5. The number of amides is 1. The first kappa shape index (κ1) is 17.2. The summed E-state index contributed by atoms with van der Waals surface area (Å²) in [6, 6.07) is 4.19. The lowest BCUT2D eigenvalue weighted by molar-refractivity contribution is -0.0510. The van der Waals surface area contributed by atoms with E-state index in [0.717, 1.165) is 5.57 Å². The second kappa shape index (κ2) is 6.37. The van der Waals surface area contributed by atoms with E-state index in [1.807, 2.05) is 26.8 Å². The number of fused-ring (bicyclic) bond motifs is 2. The Morgan fingerprint density at radius 3 is 2.75 bits per heavy atom. The third-order valence-corrected chi connectivity index (χ3v) is 4.40. The molecule has 130 valence electrons. The van der Waals surface area contributed by atoms with Gasteiger partial charge in [0.05, 0.1) is 30.3 Å². The van der Waals surface area contributed by atoms with Gasteiger partial charge in [0.15, 0.2) is 0 Å². The molecule has 2 unspecified atom stereocenters. The van der Waals surface area contributed by atoms with Crippen molar-refractivity contribution in [3.8, 4) is 0 Å². The van der Waals surface area contributed by atoms with Crippen LogP contribution in [-0.4, -0.2) is 41.9 Å². The average Bonchev–Trinajstić information content (AvgIpc) is 2.44. The van der Waals surface area contributed by atoms with E-state index in [4.69, 9.17) is 21.1 Å². The molecule has 0 aliphatic carbocycles. The summed E-state index contributed by atoms with van der Waals surface area (Å²) in [5.74, 6) is -0.349. The van der Waals surface area contributed by atoms with Gasteiger partial charge in [-0.2, -0.15) is 0 Å². The molecule has 6 heteroatoms. The molecule has 0 spiro atoms. The highest BCUT2D eigenvalue weighted by molar-refractivity contribution is 6.32. The minimum Gasteiger partial charge on any atom is -0.444 e. The van der Waals surface area contributed by atoms with Crippen LogP contribution in [-0.2, 0) is 9.47 Å². The van der Waals surface area contributed by atoms with Gasteiger partial charge in [-0.3, -0.25) is 4.90 Å². The molecule has 4 nitrogen and oxygen atoms in total. The Morgan fingerprint density at radius 2 is 2.12 bits per heavy atom. The van der Waals surface area contributed by atoms with Gasteiger partial charge in [-0.1, -0.05) is 23.7 Å². The molecule has 2 aliphatic rings. The van der Waals surface area contributed by atoms with Gasteiger partial charge in [-0.15, -0.1) is 0 Å². The number of hydrogen-bond donors (Lipinski definition) is 0. The predicted octanol–water partition coefficient (Wildman–Crippen LogP) is 4.27. The van der Waals surface area contributed by atoms with Crippen molar-refractivity contribution in [2.45, 2.75) is 44.9 Å². The van der Waals surface area contributed by atoms with Crippen LogP contribution in [0.15, 0.2) is 24.3 Å². The molecule has 24 heavy (non-hydrogen) atoms. The Hall–Kier alpha value is -1.59.